The Kier molecular flexibility index (Phi) is 1.76. The Morgan fingerprint density at radius 3 is 2.92 bits per heavy atom. The number of nitrogen functional groups attached to an aromatic ring is 1. The normalized spacial score (nSPS) is 10.9. The Hall–Kier alpha value is -1.44. The van der Waals surface area contributed by atoms with Crippen LogP contribution in [-0.2, 0) is 6.42 Å². The summed E-state index contributed by atoms with van der Waals surface area (Å²) in [5.74, 6) is 0. The highest BCUT2D eigenvalue weighted by molar-refractivity contribution is 5.92. The SMILES string of the molecule is CCc1cc(C)c2ccoc2c1N. The number of furan rings is 1. The fraction of sp³-hybridized carbons (Fsp3) is 0.273. The van der Waals surface area contributed by atoms with Crippen molar-refractivity contribution in [3.63, 3.8) is 0 Å². The van der Waals surface area contributed by atoms with E-state index in [1.54, 1.807) is 6.26 Å². The third-order valence-corrected chi connectivity index (χ3v) is 2.45. The first-order valence-corrected chi connectivity index (χ1v) is 4.49. The van der Waals surface area contributed by atoms with Crippen molar-refractivity contribution in [2.24, 2.45) is 0 Å². The van der Waals surface area contributed by atoms with Crippen LogP contribution in [0.2, 0.25) is 0 Å². The predicted octanol–water partition coefficient (Wildman–Crippen LogP) is 2.89. The Morgan fingerprint density at radius 1 is 1.46 bits per heavy atom. The smallest absolute Gasteiger partial charge is 0.157 e. The highest BCUT2D eigenvalue weighted by Crippen LogP contribution is 2.29. The summed E-state index contributed by atoms with van der Waals surface area (Å²) >= 11 is 0. The van der Waals surface area contributed by atoms with Crippen molar-refractivity contribution in [1.29, 1.82) is 0 Å². The summed E-state index contributed by atoms with van der Waals surface area (Å²) in [7, 11) is 0. The number of benzene rings is 1. The van der Waals surface area contributed by atoms with Crippen LogP contribution in [0.3, 0.4) is 0 Å². The van der Waals surface area contributed by atoms with E-state index in [9.17, 15) is 0 Å². The molecule has 2 heteroatoms. The maximum absolute atomic E-state index is 5.95. The number of aryl methyl sites for hydroxylation is 2. The Morgan fingerprint density at radius 2 is 2.23 bits per heavy atom. The lowest BCUT2D eigenvalue weighted by molar-refractivity contribution is 0.616. The van der Waals surface area contributed by atoms with Crippen molar-refractivity contribution in [2.75, 3.05) is 5.73 Å². The van der Waals surface area contributed by atoms with Crippen molar-refractivity contribution in [3.8, 4) is 0 Å². The molecule has 0 aliphatic heterocycles. The Labute approximate surface area is 77.3 Å². The molecule has 0 fully saturated rings. The zero-order valence-corrected chi connectivity index (χ0v) is 7.92. The molecule has 68 valence electrons. The van der Waals surface area contributed by atoms with E-state index in [1.165, 1.54) is 11.1 Å². The van der Waals surface area contributed by atoms with Gasteiger partial charge < -0.3 is 10.2 Å². The van der Waals surface area contributed by atoms with Crippen molar-refractivity contribution in [1.82, 2.24) is 0 Å². The number of hydrogen-bond acceptors (Lipinski definition) is 2. The molecule has 2 rings (SSSR count). The van der Waals surface area contributed by atoms with Gasteiger partial charge in [0.15, 0.2) is 5.58 Å². The van der Waals surface area contributed by atoms with E-state index >= 15 is 0 Å². The summed E-state index contributed by atoms with van der Waals surface area (Å²) in [6.45, 7) is 4.18. The van der Waals surface area contributed by atoms with Crippen LogP contribution in [0.15, 0.2) is 22.8 Å². The van der Waals surface area contributed by atoms with Crippen LogP contribution in [-0.4, -0.2) is 0 Å². The van der Waals surface area contributed by atoms with Gasteiger partial charge in [0.2, 0.25) is 0 Å². The monoisotopic (exact) mass is 175 g/mol. The summed E-state index contributed by atoms with van der Waals surface area (Å²) in [6.07, 6.45) is 2.64. The lowest BCUT2D eigenvalue weighted by Crippen LogP contribution is -1.94. The molecule has 13 heavy (non-hydrogen) atoms. The van der Waals surface area contributed by atoms with Crippen molar-refractivity contribution < 1.29 is 4.42 Å². The van der Waals surface area contributed by atoms with E-state index in [-0.39, 0.29) is 0 Å². The van der Waals surface area contributed by atoms with E-state index in [4.69, 9.17) is 10.2 Å². The molecule has 1 aromatic carbocycles. The minimum atomic E-state index is 0.785. The third kappa shape index (κ3) is 1.10. The first-order valence-electron chi connectivity index (χ1n) is 4.49. The topological polar surface area (TPSA) is 39.2 Å². The minimum absolute atomic E-state index is 0.785. The van der Waals surface area contributed by atoms with E-state index < -0.39 is 0 Å². The van der Waals surface area contributed by atoms with Crippen LogP contribution in [0.5, 0.6) is 0 Å². The Bertz CT molecular complexity index is 443. The zero-order chi connectivity index (χ0) is 9.42. The molecule has 0 atom stereocenters. The molecule has 0 bridgehead atoms. The third-order valence-electron chi connectivity index (χ3n) is 2.45. The van der Waals surface area contributed by atoms with Crippen LogP contribution in [0.25, 0.3) is 11.0 Å². The average Bonchev–Trinajstić information content (AvgIpc) is 2.60. The number of fused-ring (bicyclic) bond motifs is 1. The zero-order valence-electron chi connectivity index (χ0n) is 7.92. The molecular formula is C11H13NO. The van der Waals surface area contributed by atoms with Crippen LogP contribution in [0.4, 0.5) is 5.69 Å². The molecule has 2 aromatic rings. The summed E-state index contributed by atoms with van der Waals surface area (Å²) in [4.78, 5) is 0. The number of anilines is 1. The second kappa shape index (κ2) is 2.80. The summed E-state index contributed by atoms with van der Waals surface area (Å²) < 4.78 is 5.35. The molecule has 1 heterocycles. The quantitative estimate of drug-likeness (QED) is 0.677. The van der Waals surface area contributed by atoms with Gasteiger partial charge in [0.25, 0.3) is 0 Å². The highest BCUT2D eigenvalue weighted by atomic mass is 16.3. The standard InChI is InChI=1S/C11H13NO/c1-3-8-6-7(2)9-4-5-13-11(9)10(8)12/h4-6H,3,12H2,1-2H3. The second-order valence-corrected chi connectivity index (χ2v) is 3.28. The second-order valence-electron chi connectivity index (χ2n) is 3.28. The molecule has 0 amide bonds. The largest absolute Gasteiger partial charge is 0.462 e. The fourth-order valence-corrected chi connectivity index (χ4v) is 1.68. The molecule has 1 aromatic heterocycles. The van der Waals surface area contributed by atoms with Crippen molar-refractivity contribution in [2.45, 2.75) is 20.3 Å². The predicted molar refractivity (Wildman–Crippen MR) is 54.7 cm³/mol. The molecule has 2 nitrogen and oxygen atoms in total. The number of nitrogens with two attached hydrogens (primary N) is 1. The van der Waals surface area contributed by atoms with Crippen LogP contribution in [0, 0.1) is 6.92 Å². The fourth-order valence-electron chi connectivity index (χ4n) is 1.68. The maximum Gasteiger partial charge on any atom is 0.157 e. The molecule has 0 unspecified atom stereocenters. The van der Waals surface area contributed by atoms with Gasteiger partial charge >= 0.3 is 0 Å². The highest BCUT2D eigenvalue weighted by Gasteiger charge is 2.08. The van der Waals surface area contributed by atoms with Crippen molar-refractivity contribution >= 4 is 16.7 Å². The van der Waals surface area contributed by atoms with Gasteiger partial charge in [0, 0.05) is 5.39 Å². The van der Waals surface area contributed by atoms with Gasteiger partial charge in [0.05, 0.1) is 12.0 Å². The van der Waals surface area contributed by atoms with Crippen LogP contribution >= 0.6 is 0 Å². The average molecular weight is 175 g/mol. The Balaban J connectivity index is 2.85. The first-order chi connectivity index (χ1) is 6.24. The van der Waals surface area contributed by atoms with Crippen LogP contribution < -0.4 is 5.73 Å². The molecule has 0 saturated heterocycles. The lowest BCUT2D eigenvalue weighted by Gasteiger charge is -2.05. The van der Waals surface area contributed by atoms with E-state index in [2.05, 4.69) is 19.9 Å². The van der Waals surface area contributed by atoms with Gasteiger partial charge in [-0.3, -0.25) is 0 Å². The van der Waals surface area contributed by atoms with Gasteiger partial charge in [-0.25, -0.2) is 0 Å². The molecule has 0 radical (unpaired) electrons. The molecule has 0 saturated carbocycles. The molecular weight excluding hydrogens is 162 g/mol. The number of rotatable bonds is 1. The number of hydrogen-bond donors (Lipinski definition) is 1. The van der Waals surface area contributed by atoms with E-state index in [0.717, 1.165) is 23.1 Å². The maximum atomic E-state index is 5.95. The summed E-state index contributed by atoms with van der Waals surface area (Å²) in [5.41, 5.74) is 9.96. The first kappa shape index (κ1) is 8.17. The van der Waals surface area contributed by atoms with Crippen molar-refractivity contribution in [3.05, 3.63) is 29.5 Å². The van der Waals surface area contributed by atoms with Crippen LogP contribution in [0.1, 0.15) is 18.1 Å². The van der Waals surface area contributed by atoms with E-state index in [0.29, 0.717) is 0 Å². The molecule has 2 N–H and O–H groups in total. The summed E-state index contributed by atoms with van der Waals surface area (Å²) in [6, 6.07) is 4.09. The minimum Gasteiger partial charge on any atom is -0.462 e. The van der Waals surface area contributed by atoms with E-state index in [1.807, 2.05) is 6.07 Å². The molecule has 0 aliphatic rings. The van der Waals surface area contributed by atoms with Gasteiger partial charge in [-0.2, -0.15) is 0 Å². The summed E-state index contributed by atoms with van der Waals surface area (Å²) in [5, 5.41) is 1.12. The lowest BCUT2D eigenvalue weighted by atomic mass is 10.0. The van der Waals surface area contributed by atoms with Gasteiger partial charge in [-0.15, -0.1) is 0 Å². The molecule has 0 spiro atoms. The van der Waals surface area contributed by atoms with Gasteiger partial charge in [0.1, 0.15) is 0 Å². The van der Waals surface area contributed by atoms with Gasteiger partial charge in [-0.1, -0.05) is 13.0 Å². The van der Waals surface area contributed by atoms with Gasteiger partial charge in [-0.05, 0) is 30.5 Å². The molecule has 0 aliphatic carbocycles.